The van der Waals surface area contributed by atoms with Gasteiger partial charge in [0.05, 0.1) is 25.6 Å². The highest BCUT2D eigenvalue weighted by Crippen LogP contribution is 2.33. The molecule has 0 saturated carbocycles. The maximum atomic E-state index is 13.6. The Bertz CT molecular complexity index is 1430. The van der Waals surface area contributed by atoms with Crippen molar-refractivity contribution in [2.75, 3.05) is 18.7 Å². The van der Waals surface area contributed by atoms with E-state index < -0.39 is 5.97 Å². The molecule has 1 aliphatic heterocycles. The summed E-state index contributed by atoms with van der Waals surface area (Å²) in [6, 6.07) is 23.3. The fourth-order valence-corrected chi connectivity index (χ4v) is 4.19. The molecular weight excluding hydrogens is 495 g/mol. The number of hydrogen-bond donors (Lipinski definition) is 0. The monoisotopic (exact) mass is 516 g/mol. The second kappa shape index (κ2) is 10.8. The van der Waals surface area contributed by atoms with Crippen LogP contribution in [0.5, 0.6) is 6.01 Å². The lowest BCUT2D eigenvalue weighted by Gasteiger charge is -2.18. The second-order valence-corrected chi connectivity index (χ2v) is 8.77. The first-order valence-corrected chi connectivity index (χ1v) is 11.9. The highest BCUT2D eigenvalue weighted by atomic mass is 35.5. The summed E-state index contributed by atoms with van der Waals surface area (Å²) in [5.41, 5.74) is 3.56. The van der Waals surface area contributed by atoms with Gasteiger partial charge in [0, 0.05) is 10.9 Å². The van der Waals surface area contributed by atoms with Crippen LogP contribution in [0.1, 0.15) is 33.0 Å². The van der Waals surface area contributed by atoms with Crippen LogP contribution in [0.15, 0.2) is 90.2 Å². The second-order valence-electron chi connectivity index (χ2n) is 8.33. The number of hydrazone groups is 1. The molecule has 0 spiro atoms. The summed E-state index contributed by atoms with van der Waals surface area (Å²) >= 11 is 5.96. The van der Waals surface area contributed by atoms with Crippen LogP contribution >= 0.6 is 11.6 Å². The van der Waals surface area contributed by atoms with Crippen molar-refractivity contribution in [2.45, 2.75) is 12.5 Å². The van der Waals surface area contributed by atoms with E-state index in [9.17, 15) is 9.18 Å². The van der Waals surface area contributed by atoms with Gasteiger partial charge in [0.1, 0.15) is 18.0 Å². The summed E-state index contributed by atoms with van der Waals surface area (Å²) in [6.45, 7) is 0.610. The van der Waals surface area contributed by atoms with Crippen LogP contribution in [-0.2, 0) is 11.3 Å². The molecule has 0 saturated heterocycles. The van der Waals surface area contributed by atoms with Crippen molar-refractivity contribution in [1.29, 1.82) is 0 Å². The molecule has 0 aliphatic carbocycles. The van der Waals surface area contributed by atoms with E-state index in [0.717, 1.165) is 22.4 Å². The van der Waals surface area contributed by atoms with Crippen LogP contribution in [0.4, 0.5) is 10.2 Å². The molecule has 1 atom stereocenters. The van der Waals surface area contributed by atoms with Crippen LogP contribution in [0.25, 0.3) is 0 Å². The first kappa shape index (κ1) is 24.4. The number of anilines is 1. The molecular formula is C28H22ClFN4O3. The average Bonchev–Trinajstić information content (AvgIpc) is 3.38. The lowest BCUT2D eigenvalue weighted by atomic mass is 9.90. The topological polar surface area (TPSA) is 76.9 Å². The van der Waals surface area contributed by atoms with E-state index in [1.165, 1.54) is 25.4 Å². The average molecular weight is 517 g/mol. The van der Waals surface area contributed by atoms with Gasteiger partial charge in [-0.05, 0) is 41.0 Å². The summed E-state index contributed by atoms with van der Waals surface area (Å²) in [6.07, 6.45) is 1.37. The standard InChI is InChI=1S/C28H22ClFN4O3/c1-36-27(35)23-15-31-28(37-17-18-7-11-21(29)12-8-18)32-26(23)34-16-24(19-5-3-2-4-6-19)25(33-34)20-9-13-22(30)14-10-20/h2-15,24H,16-17H2,1H3. The Balaban J connectivity index is 1.51. The van der Waals surface area contributed by atoms with E-state index in [-0.39, 0.29) is 35.7 Å². The Morgan fingerprint density at radius 1 is 1.05 bits per heavy atom. The summed E-state index contributed by atoms with van der Waals surface area (Å²) < 4.78 is 24.4. The van der Waals surface area contributed by atoms with Gasteiger partial charge in [-0.2, -0.15) is 10.1 Å². The van der Waals surface area contributed by atoms with E-state index in [2.05, 4.69) is 9.97 Å². The first-order chi connectivity index (χ1) is 18.0. The summed E-state index contributed by atoms with van der Waals surface area (Å²) in [4.78, 5) is 21.3. The van der Waals surface area contributed by atoms with E-state index >= 15 is 0 Å². The van der Waals surface area contributed by atoms with Gasteiger partial charge in [-0.3, -0.25) is 0 Å². The minimum atomic E-state index is -0.596. The molecule has 9 heteroatoms. The fraction of sp³-hybridized carbons (Fsp3) is 0.143. The Morgan fingerprint density at radius 2 is 1.78 bits per heavy atom. The van der Waals surface area contributed by atoms with Crippen molar-refractivity contribution in [2.24, 2.45) is 5.10 Å². The first-order valence-electron chi connectivity index (χ1n) is 11.5. The van der Waals surface area contributed by atoms with E-state index in [1.807, 2.05) is 42.5 Å². The number of esters is 1. The van der Waals surface area contributed by atoms with Gasteiger partial charge in [0.2, 0.25) is 0 Å². The van der Waals surface area contributed by atoms with Gasteiger partial charge in [0.25, 0.3) is 0 Å². The molecule has 0 bridgehead atoms. The molecule has 2 heterocycles. The molecule has 37 heavy (non-hydrogen) atoms. The fourth-order valence-electron chi connectivity index (χ4n) is 4.07. The zero-order valence-electron chi connectivity index (χ0n) is 19.8. The summed E-state index contributed by atoms with van der Waals surface area (Å²) in [5.74, 6) is -0.820. The number of carbonyl (C=O) groups excluding carboxylic acids is 1. The number of aromatic nitrogens is 2. The van der Waals surface area contributed by atoms with Crippen LogP contribution in [-0.4, -0.2) is 35.3 Å². The Kier molecular flexibility index (Phi) is 7.09. The highest BCUT2D eigenvalue weighted by molar-refractivity contribution is 6.30. The molecule has 1 aliphatic rings. The predicted molar refractivity (Wildman–Crippen MR) is 139 cm³/mol. The molecule has 4 aromatic rings. The maximum Gasteiger partial charge on any atom is 0.343 e. The third-order valence-electron chi connectivity index (χ3n) is 5.93. The minimum absolute atomic E-state index is 0.0827. The number of benzene rings is 3. The summed E-state index contributed by atoms with van der Waals surface area (Å²) in [7, 11) is 1.29. The highest BCUT2D eigenvalue weighted by Gasteiger charge is 2.33. The predicted octanol–water partition coefficient (Wildman–Crippen LogP) is 5.64. The van der Waals surface area contributed by atoms with Gasteiger partial charge in [-0.25, -0.2) is 19.2 Å². The minimum Gasteiger partial charge on any atom is -0.465 e. The van der Waals surface area contributed by atoms with Crippen LogP contribution in [0.3, 0.4) is 0 Å². The molecule has 0 N–H and O–H groups in total. The third kappa shape index (κ3) is 5.44. The van der Waals surface area contributed by atoms with Crippen molar-refractivity contribution >= 4 is 29.1 Å². The van der Waals surface area contributed by atoms with Crippen molar-refractivity contribution in [1.82, 2.24) is 9.97 Å². The molecule has 0 radical (unpaired) electrons. The molecule has 0 amide bonds. The molecule has 3 aromatic carbocycles. The van der Waals surface area contributed by atoms with E-state index in [4.69, 9.17) is 26.2 Å². The molecule has 0 fully saturated rings. The summed E-state index contributed by atoms with van der Waals surface area (Å²) in [5, 5.41) is 7.09. The smallest absolute Gasteiger partial charge is 0.343 e. The third-order valence-corrected chi connectivity index (χ3v) is 6.19. The molecule has 1 aromatic heterocycles. The number of methoxy groups -OCH3 is 1. The lowest BCUT2D eigenvalue weighted by Crippen LogP contribution is -2.22. The number of hydrogen-bond acceptors (Lipinski definition) is 7. The van der Waals surface area contributed by atoms with Gasteiger partial charge in [-0.1, -0.05) is 66.2 Å². The lowest BCUT2D eigenvalue weighted by molar-refractivity contribution is 0.0600. The zero-order valence-corrected chi connectivity index (χ0v) is 20.6. The maximum absolute atomic E-state index is 13.6. The van der Waals surface area contributed by atoms with E-state index in [1.54, 1.807) is 29.3 Å². The Morgan fingerprint density at radius 3 is 2.49 bits per heavy atom. The zero-order chi connectivity index (χ0) is 25.8. The largest absolute Gasteiger partial charge is 0.465 e. The van der Waals surface area contributed by atoms with Crippen LogP contribution in [0.2, 0.25) is 5.02 Å². The Hall–Kier alpha value is -4.30. The molecule has 1 unspecified atom stereocenters. The molecule has 5 rings (SSSR count). The van der Waals surface area contributed by atoms with Gasteiger partial charge < -0.3 is 9.47 Å². The number of carbonyl (C=O) groups is 1. The number of rotatable bonds is 7. The number of halogens is 2. The van der Waals surface area contributed by atoms with Gasteiger partial charge in [-0.15, -0.1) is 0 Å². The van der Waals surface area contributed by atoms with Crippen molar-refractivity contribution in [3.05, 3.63) is 118 Å². The SMILES string of the molecule is COC(=O)c1cnc(OCc2ccc(Cl)cc2)nc1N1CC(c2ccccc2)C(c2ccc(F)cc2)=N1. The number of ether oxygens (including phenoxy) is 2. The van der Waals surface area contributed by atoms with Gasteiger partial charge in [0.15, 0.2) is 5.82 Å². The van der Waals surface area contributed by atoms with Crippen LogP contribution in [0, 0.1) is 5.82 Å². The van der Waals surface area contributed by atoms with Crippen molar-refractivity contribution < 1.29 is 18.7 Å². The van der Waals surface area contributed by atoms with Crippen LogP contribution < -0.4 is 9.75 Å². The molecule has 7 nitrogen and oxygen atoms in total. The quantitative estimate of drug-likeness (QED) is 0.296. The Labute approximate surface area is 218 Å². The van der Waals surface area contributed by atoms with Gasteiger partial charge >= 0.3 is 12.0 Å². The normalized spacial score (nSPS) is 14.8. The van der Waals surface area contributed by atoms with E-state index in [0.29, 0.717) is 11.6 Å². The van der Waals surface area contributed by atoms with Crippen molar-refractivity contribution in [3.8, 4) is 6.01 Å². The molecule has 186 valence electrons. The van der Waals surface area contributed by atoms with Crippen molar-refractivity contribution in [3.63, 3.8) is 0 Å². The number of nitrogens with zero attached hydrogens (tertiary/aromatic N) is 4.